The van der Waals surface area contributed by atoms with Crippen LogP contribution in [0, 0.1) is 0 Å². The molecule has 23 heavy (non-hydrogen) atoms. The molecule has 3 aromatic heterocycles. The van der Waals surface area contributed by atoms with Crippen molar-refractivity contribution >= 4 is 0 Å². The van der Waals surface area contributed by atoms with E-state index in [9.17, 15) is 5.11 Å². The molecule has 0 spiro atoms. The number of phenolic OH excluding ortho intramolecular Hbond substituents is 1. The van der Waals surface area contributed by atoms with Crippen LogP contribution in [0.2, 0.25) is 0 Å². The Bertz CT molecular complexity index is 924. The van der Waals surface area contributed by atoms with E-state index < -0.39 is 0 Å². The molecule has 0 atom stereocenters. The second-order valence-electron chi connectivity index (χ2n) is 5.10. The summed E-state index contributed by atoms with van der Waals surface area (Å²) in [4.78, 5) is 4.39. The number of hydrogen-bond donors (Lipinski definition) is 1. The largest absolute Gasteiger partial charge is 0.508 e. The summed E-state index contributed by atoms with van der Waals surface area (Å²) >= 11 is 0. The second-order valence-corrected chi connectivity index (χ2v) is 5.10. The Balaban J connectivity index is 1.91. The van der Waals surface area contributed by atoms with Crippen LogP contribution in [0.3, 0.4) is 0 Å². The Morgan fingerprint density at radius 1 is 0.870 bits per heavy atom. The zero-order chi connectivity index (χ0) is 15.6. The van der Waals surface area contributed by atoms with Crippen molar-refractivity contribution in [3.05, 3.63) is 73.1 Å². The molecule has 0 amide bonds. The molecule has 1 aromatic carbocycles. The van der Waals surface area contributed by atoms with Crippen molar-refractivity contribution in [2.45, 2.75) is 0 Å². The smallest absolute Gasteiger partial charge is 0.179 e. The number of pyridine rings is 1. The predicted octanol–water partition coefficient (Wildman–Crippen LogP) is 4.97. The molecule has 112 valence electrons. The van der Waals surface area contributed by atoms with Crippen molar-refractivity contribution in [2.24, 2.45) is 0 Å². The van der Waals surface area contributed by atoms with Gasteiger partial charge >= 0.3 is 0 Å². The van der Waals surface area contributed by atoms with E-state index >= 15 is 0 Å². The summed E-state index contributed by atoms with van der Waals surface area (Å²) in [6.07, 6.45) is 3.34. The van der Waals surface area contributed by atoms with Crippen molar-refractivity contribution in [1.82, 2.24) is 4.98 Å². The van der Waals surface area contributed by atoms with Crippen LogP contribution in [0.5, 0.6) is 5.75 Å². The van der Waals surface area contributed by atoms with Crippen LogP contribution in [0.15, 0.2) is 82.0 Å². The number of nitrogens with zero attached hydrogens (tertiary/aromatic N) is 1. The first-order valence-electron chi connectivity index (χ1n) is 7.20. The summed E-state index contributed by atoms with van der Waals surface area (Å²) < 4.78 is 11.5. The van der Waals surface area contributed by atoms with Crippen molar-refractivity contribution in [2.75, 3.05) is 0 Å². The van der Waals surface area contributed by atoms with Gasteiger partial charge in [0, 0.05) is 11.8 Å². The Hall–Kier alpha value is -3.27. The molecular formula is C19H13NO3. The standard InChI is InChI=1S/C19H13NO3/c21-14-6-3-5-13(11-14)18-12-15(16-7-1-2-9-20-16)19(23-18)17-8-4-10-22-17/h1-12,21H. The van der Waals surface area contributed by atoms with Gasteiger partial charge in [0.05, 0.1) is 17.5 Å². The number of aromatic nitrogens is 1. The summed E-state index contributed by atoms with van der Waals surface area (Å²) in [6.45, 7) is 0. The van der Waals surface area contributed by atoms with Gasteiger partial charge in [-0.05, 0) is 42.5 Å². The van der Waals surface area contributed by atoms with Gasteiger partial charge in [-0.1, -0.05) is 18.2 Å². The molecule has 0 saturated carbocycles. The van der Waals surface area contributed by atoms with Crippen molar-refractivity contribution < 1.29 is 13.9 Å². The van der Waals surface area contributed by atoms with Crippen molar-refractivity contribution in [3.63, 3.8) is 0 Å². The van der Waals surface area contributed by atoms with Gasteiger partial charge in [-0.25, -0.2) is 0 Å². The van der Waals surface area contributed by atoms with Crippen molar-refractivity contribution in [3.8, 4) is 39.9 Å². The van der Waals surface area contributed by atoms with Gasteiger partial charge in [0.1, 0.15) is 11.5 Å². The third kappa shape index (κ3) is 2.51. The highest BCUT2D eigenvalue weighted by Crippen LogP contribution is 2.38. The maximum atomic E-state index is 9.68. The minimum atomic E-state index is 0.192. The molecule has 0 saturated heterocycles. The Morgan fingerprint density at radius 2 is 1.83 bits per heavy atom. The van der Waals surface area contributed by atoms with E-state index in [4.69, 9.17) is 8.83 Å². The zero-order valence-electron chi connectivity index (χ0n) is 12.1. The maximum Gasteiger partial charge on any atom is 0.179 e. The predicted molar refractivity (Wildman–Crippen MR) is 86.7 cm³/mol. The third-order valence-electron chi connectivity index (χ3n) is 3.55. The molecule has 4 rings (SSSR count). The van der Waals surface area contributed by atoms with E-state index in [0.29, 0.717) is 17.3 Å². The van der Waals surface area contributed by atoms with E-state index in [1.165, 1.54) is 0 Å². The molecule has 0 fully saturated rings. The lowest BCUT2D eigenvalue weighted by Gasteiger charge is -1.98. The van der Waals surface area contributed by atoms with Crippen LogP contribution in [-0.2, 0) is 0 Å². The van der Waals surface area contributed by atoms with Crippen LogP contribution >= 0.6 is 0 Å². The summed E-state index contributed by atoms with van der Waals surface area (Å²) in [6, 6.07) is 18.2. The molecule has 4 heteroatoms. The minimum absolute atomic E-state index is 0.192. The number of furan rings is 2. The van der Waals surface area contributed by atoms with E-state index in [0.717, 1.165) is 16.8 Å². The molecule has 1 N–H and O–H groups in total. The fourth-order valence-corrected chi connectivity index (χ4v) is 2.50. The highest BCUT2D eigenvalue weighted by molar-refractivity contribution is 5.80. The van der Waals surface area contributed by atoms with Crippen LogP contribution in [0.4, 0.5) is 0 Å². The topological polar surface area (TPSA) is 59.4 Å². The van der Waals surface area contributed by atoms with Gasteiger partial charge in [0.25, 0.3) is 0 Å². The lowest BCUT2D eigenvalue weighted by molar-refractivity contribution is 0.475. The number of hydrogen-bond acceptors (Lipinski definition) is 4. The van der Waals surface area contributed by atoms with Gasteiger partial charge < -0.3 is 13.9 Å². The number of benzene rings is 1. The van der Waals surface area contributed by atoms with E-state index in [1.807, 2.05) is 42.5 Å². The average Bonchev–Trinajstić information content (AvgIpc) is 3.25. The molecule has 0 aliphatic heterocycles. The quantitative estimate of drug-likeness (QED) is 0.580. The monoisotopic (exact) mass is 303 g/mol. The normalized spacial score (nSPS) is 10.8. The number of rotatable bonds is 3. The lowest BCUT2D eigenvalue weighted by atomic mass is 10.1. The van der Waals surface area contributed by atoms with Crippen LogP contribution < -0.4 is 0 Å². The van der Waals surface area contributed by atoms with Gasteiger partial charge in [-0.3, -0.25) is 4.98 Å². The summed E-state index contributed by atoms with van der Waals surface area (Å²) in [5, 5.41) is 9.68. The summed E-state index contributed by atoms with van der Waals surface area (Å²) in [7, 11) is 0. The zero-order valence-corrected chi connectivity index (χ0v) is 12.1. The van der Waals surface area contributed by atoms with Gasteiger partial charge in [-0.15, -0.1) is 0 Å². The summed E-state index contributed by atoms with van der Waals surface area (Å²) in [5.74, 6) is 2.09. The minimum Gasteiger partial charge on any atom is -0.508 e. The highest BCUT2D eigenvalue weighted by atomic mass is 16.4. The fourth-order valence-electron chi connectivity index (χ4n) is 2.50. The molecule has 4 aromatic rings. The van der Waals surface area contributed by atoms with Gasteiger partial charge in [0.15, 0.2) is 11.5 Å². The maximum absolute atomic E-state index is 9.68. The first kappa shape index (κ1) is 13.4. The first-order chi connectivity index (χ1) is 11.3. The fraction of sp³-hybridized carbons (Fsp3) is 0. The molecular weight excluding hydrogens is 290 g/mol. The van der Waals surface area contributed by atoms with E-state index in [-0.39, 0.29) is 5.75 Å². The van der Waals surface area contributed by atoms with Gasteiger partial charge in [0.2, 0.25) is 0 Å². The number of aromatic hydroxyl groups is 1. The molecule has 0 aliphatic rings. The van der Waals surface area contributed by atoms with Gasteiger partial charge in [-0.2, -0.15) is 0 Å². The molecule has 0 aliphatic carbocycles. The lowest BCUT2D eigenvalue weighted by Crippen LogP contribution is -1.81. The highest BCUT2D eigenvalue weighted by Gasteiger charge is 2.18. The molecule has 4 nitrogen and oxygen atoms in total. The van der Waals surface area contributed by atoms with E-state index in [1.54, 1.807) is 30.7 Å². The van der Waals surface area contributed by atoms with Crippen molar-refractivity contribution in [1.29, 1.82) is 0 Å². The molecule has 0 bridgehead atoms. The molecule has 0 radical (unpaired) electrons. The number of phenols is 1. The Morgan fingerprint density at radius 3 is 2.57 bits per heavy atom. The molecule has 0 unspecified atom stereocenters. The van der Waals surface area contributed by atoms with E-state index in [2.05, 4.69) is 4.98 Å². The third-order valence-corrected chi connectivity index (χ3v) is 3.55. The average molecular weight is 303 g/mol. The Labute approximate surface area is 132 Å². The Kier molecular flexibility index (Phi) is 3.20. The van der Waals surface area contributed by atoms with Crippen LogP contribution in [0.25, 0.3) is 34.1 Å². The van der Waals surface area contributed by atoms with Crippen LogP contribution in [0.1, 0.15) is 0 Å². The summed E-state index contributed by atoms with van der Waals surface area (Å²) in [5.41, 5.74) is 2.44. The van der Waals surface area contributed by atoms with Crippen LogP contribution in [-0.4, -0.2) is 10.1 Å². The molecule has 3 heterocycles. The first-order valence-corrected chi connectivity index (χ1v) is 7.20. The second kappa shape index (κ2) is 5.50. The SMILES string of the molecule is Oc1cccc(-c2cc(-c3ccccn3)c(-c3ccco3)o2)c1.